The Balaban J connectivity index is 0.000000192. The highest BCUT2D eigenvalue weighted by Crippen LogP contribution is 2.28. The summed E-state index contributed by atoms with van der Waals surface area (Å²) < 4.78 is 13.3. The van der Waals surface area contributed by atoms with Crippen LogP contribution in [-0.2, 0) is 23.6 Å². The number of nitrogens with zero attached hydrogens (tertiary/aromatic N) is 3. The van der Waals surface area contributed by atoms with Crippen molar-refractivity contribution in [1.29, 1.82) is 0 Å². The van der Waals surface area contributed by atoms with Gasteiger partial charge in [-0.1, -0.05) is 12.1 Å². The maximum Gasteiger partial charge on any atom is 0.354 e. The van der Waals surface area contributed by atoms with Crippen LogP contribution in [0.1, 0.15) is 34.8 Å². The molecule has 0 aliphatic carbocycles. The molecule has 0 unspecified atom stereocenters. The number of benzene rings is 2. The fraction of sp³-hybridized carbons (Fsp3) is 0.250. The molecule has 4 rings (SSSR count). The van der Waals surface area contributed by atoms with Crippen LogP contribution >= 0.6 is 0 Å². The van der Waals surface area contributed by atoms with E-state index in [1.165, 1.54) is 12.1 Å². The standard InChI is InChI=1S/C12H12N2O4.C12H14N2O2/c1-3-18-12(15)11-7-8-9(13(11)2)5-4-6-10(8)14(16)17;1-3-16-12(15)11-7-8-9(13)5-4-6-10(8)14(11)2/h4-7H,3H2,1-2H3;4-7H,3,13H2,1-2H3. The molecule has 2 heterocycles. The van der Waals surface area contributed by atoms with Gasteiger partial charge in [-0.3, -0.25) is 10.1 Å². The number of carbonyl (C=O) groups excluding carboxylic acids is 2. The van der Waals surface area contributed by atoms with Gasteiger partial charge in [0.1, 0.15) is 11.4 Å². The van der Waals surface area contributed by atoms with Crippen molar-refractivity contribution in [3.05, 3.63) is 70.0 Å². The number of hydrogen-bond donors (Lipinski definition) is 1. The van der Waals surface area contributed by atoms with Gasteiger partial charge in [-0.2, -0.15) is 0 Å². The Labute approximate surface area is 195 Å². The Kier molecular flexibility index (Phi) is 7.20. The molecule has 0 aliphatic rings. The number of nitro benzene ring substituents is 1. The van der Waals surface area contributed by atoms with Gasteiger partial charge in [0.2, 0.25) is 0 Å². The van der Waals surface area contributed by atoms with Crippen molar-refractivity contribution < 1.29 is 24.0 Å². The molecule has 2 aromatic heterocycles. The molecular weight excluding hydrogens is 440 g/mol. The van der Waals surface area contributed by atoms with E-state index >= 15 is 0 Å². The first-order chi connectivity index (χ1) is 16.2. The van der Waals surface area contributed by atoms with E-state index in [4.69, 9.17) is 15.2 Å². The monoisotopic (exact) mass is 466 g/mol. The predicted octanol–water partition coefficient (Wildman–Crippen LogP) is 4.20. The van der Waals surface area contributed by atoms with Gasteiger partial charge in [0.25, 0.3) is 5.69 Å². The van der Waals surface area contributed by atoms with Crippen LogP contribution in [0.4, 0.5) is 11.4 Å². The lowest BCUT2D eigenvalue weighted by Crippen LogP contribution is -2.09. The van der Waals surface area contributed by atoms with Gasteiger partial charge in [0.05, 0.1) is 34.6 Å². The summed E-state index contributed by atoms with van der Waals surface area (Å²) in [5.41, 5.74) is 8.90. The highest BCUT2D eigenvalue weighted by atomic mass is 16.6. The van der Waals surface area contributed by atoms with Gasteiger partial charge >= 0.3 is 11.9 Å². The summed E-state index contributed by atoms with van der Waals surface area (Å²) in [4.78, 5) is 33.8. The van der Waals surface area contributed by atoms with Crippen molar-refractivity contribution in [2.75, 3.05) is 18.9 Å². The summed E-state index contributed by atoms with van der Waals surface area (Å²) in [6.07, 6.45) is 0. The first kappa shape index (κ1) is 24.3. The zero-order valence-corrected chi connectivity index (χ0v) is 19.4. The van der Waals surface area contributed by atoms with Crippen molar-refractivity contribution in [2.24, 2.45) is 14.1 Å². The van der Waals surface area contributed by atoms with Gasteiger partial charge in [-0.25, -0.2) is 9.59 Å². The summed E-state index contributed by atoms with van der Waals surface area (Å²) in [6.45, 7) is 4.14. The van der Waals surface area contributed by atoms with Crippen LogP contribution < -0.4 is 5.73 Å². The Morgan fingerprint density at radius 3 is 1.82 bits per heavy atom. The summed E-state index contributed by atoms with van der Waals surface area (Å²) in [6, 6.07) is 13.6. The Bertz CT molecular complexity index is 1390. The molecule has 10 heteroatoms. The molecule has 0 aliphatic heterocycles. The van der Waals surface area contributed by atoms with Gasteiger partial charge in [-0.05, 0) is 44.2 Å². The lowest BCUT2D eigenvalue weighted by Gasteiger charge is -2.03. The van der Waals surface area contributed by atoms with Gasteiger partial charge in [0.15, 0.2) is 0 Å². The van der Waals surface area contributed by atoms with Crippen molar-refractivity contribution in [1.82, 2.24) is 9.13 Å². The molecule has 2 aromatic carbocycles. The largest absolute Gasteiger partial charge is 0.461 e. The van der Waals surface area contributed by atoms with Crippen LogP contribution in [0.15, 0.2) is 48.5 Å². The molecule has 10 nitrogen and oxygen atoms in total. The molecule has 0 amide bonds. The Morgan fingerprint density at radius 2 is 1.35 bits per heavy atom. The second kappa shape index (κ2) is 10.1. The van der Waals surface area contributed by atoms with Gasteiger partial charge in [-0.15, -0.1) is 0 Å². The smallest absolute Gasteiger partial charge is 0.354 e. The van der Waals surface area contributed by atoms with Gasteiger partial charge < -0.3 is 24.3 Å². The quantitative estimate of drug-likeness (QED) is 0.202. The molecule has 0 saturated carbocycles. The first-order valence-electron chi connectivity index (χ1n) is 10.6. The summed E-state index contributed by atoms with van der Waals surface area (Å²) in [5, 5.41) is 12.2. The molecular formula is C24H26N4O6. The number of ether oxygens (including phenoxy) is 2. The lowest BCUT2D eigenvalue weighted by molar-refractivity contribution is -0.383. The Hall–Kier alpha value is -4.34. The van der Waals surface area contributed by atoms with E-state index in [2.05, 4.69) is 0 Å². The molecule has 4 aromatic rings. The third kappa shape index (κ3) is 4.56. The number of nitrogens with two attached hydrogens (primary N) is 1. The summed E-state index contributed by atoms with van der Waals surface area (Å²) in [5.74, 6) is -0.800. The average molecular weight is 466 g/mol. The number of nitro groups is 1. The van der Waals surface area contributed by atoms with Crippen LogP contribution in [0.25, 0.3) is 21.8 Å². The summed E-state index contributed by atoms with van der Waals surface area (Å²) >= 11 is 0. The topological polar surface area (TPSA) is 132 Å². The van der Waals surface area contributed by atoms with Crippen LogP contribution in [0.5, 0.6) is 0 Å². The number of fused-ring (bicyclic) bond motifs is 2. The highest BCUT2D eigenvalue weighted by Gasteiger charge is 2.20. The molecule has 2 N–H and O–H groups in total. The average Bonchev–Trinajstić information content (AvgIpc) is 3.33. The molecule has 0 fully saturated rings. The number of rotatable bonds is 5. The van der Waals surface area contributed by atoms with E-state index < -0.39 is 10.9 Å². The van der Waals surface area contributed by atoms with Crippen molar-refractivity contribution in [3.8, 4) is 0 Å². The van der Waals surface area contributed by atoms with Crippen LogP contribution in [0.3, 0.4) is 0 Å². The predicted molar refractivity (Wildman–Crippen MR) is 129 cm³/mol. The molecule has 0 radical (unpaired) electrons. The minimum atomic E-state index is -0.481. The third-order valence-corrected chi connectivity index (χ3v) is 5.35. The van der Waals surface area contributed by atoms with E-state index in [0.717, 1.165) is 10.9 Å². The van der Waals surface area contributed by atoms with Crippen molar-refractivity contribution >= 4 is 45.1 Å². The number of anilines is 1. The molecule has 0 atom stereocenters. The minimum absolute atomic E-state index is 0.0151. The van der Waals surface area contributed by atoms with Gasteiger partial charge in [0, 0.05) is 31.2 Å². The van der Waals surface area contributed by atoms with E-state index in [9.17, 15) is 19.7 Å². The molecule has 178 valence electrons. The van der Waals surface area contributed by atoms with Crippen LogP contribution in [0.2, 0.25) is 0 Å². The second-order valence-electron chi connectivity index (χ2n) is 7.37. The fourth-order valence-electron chi connectivity index (χ4n) is 3.69. The maximum absolute atomic E-state index is 11.7. The van der Waals surface area contributed by atoms with Crippen molar-refractivity contribution in [3.63, 3.8) is 0 Å². The van der Waals surface area contributed by atoms with Crippen LogP contribution in [-0.4, -0.2) is 39.2 Å². The van der Waals surface area contributed by atoms with Crippen LogP contribution in [0, 0.1) is 10.1 Å². The lowest BCUT2D eigenvalue weighted by atomic mass is 10.2. The zero-order valence-electron chi connectivity index (χ0n) is 19.4. The number of esters is 2. The maximum atomic E-state index is 11.7. The van der Waals surface area contributed by atoms with E-state index in [1.54, 1.807) is 48.2 Å². The molecule has 0 bridgehead atoms. The zero-order chi connectivity index (χ0) is 25.0. The van der Waals surface area contributed by atoms with E-state index in [-0.39, 0.29) is 18.3 Å². The molecule has 34 heavy (non-hydrogen) atoms. The highest BCUT2D eigenvalue weighted by molar-refractivity contribution is 6.00. The molecule has 0 spiro atoms. The molecule has 0 saturated heterocycles. The second-order valence-corrected chi connectivity index (χ2v) is 7.37. The Morgan fingerprint density at radius 1 is 0.882 bits per heavy atom. The third-order valence-electron chi connectivity index (χ3n) is 5.35. The number of aryl methyl sites for hydroxylation is 2. The number of hydrogen-bond acceptors (Lipinski definition) is 7. The number of aromatic nitrogens is 2. The normalized spacial score (nSPS) is 10.6. The van der Waals surface area contributed by atoms with Crippen molar-refractivity contribution in [2.45, 2.75) is 13.8 Å². The van der Waals surface area contributed by atoms with E-state index in [0.29, 0.717) is 34.6 Å². The number of nitrogen functional groups attached to an aromatic ring is 1. The SMILES string of the molecule is CCOC(=O)c1cc2c(N)cccc2n1C.CCOC(=O)c1cc2c([N+](=O)[O-])cccc2n1C. The number of carbonyl (C=O) groups is 2. The first-order valence-corrected chi connectivity index (χ1v) is 10.6. The minimum Gasteiger partial charge on any atom is -0.461 e. The van der Waals surface area contributed by atoms with E-state index in [1.807, 2.05) is 25.2 Å². The number of non-ortho nitro benzene ring substituents is 1. The fourth-order valence-corrected chi connectivity index (χ4v) is 3.69. The summed E-state index contributed by atoms with van der Waals surface area (Å²) in [7, 11) is 3.51.